The van der Waals surface area contributed by atoms with E-state index in [0.717, 1.165) is 12.8 Å². The van der Waals surface area contributed by atoms with E-state index in [1.807, 2.05) is 12.1 Å². The molecular weight excluding hydrogens is 463 g/mol. The third kappa shape index (κ3) is 19.0. The molecule has 1 rings (SSSR count). The van der Waals surface area contributed by atoms with E-state index in [2.05, 4.69) is 19.9 Å². The molecule has 0 aromatic heterocycles. The molecule has 0 aliphatic heterocycles. The minimum atomic E-state index is -3.37. The lowest BCUT2D eigenvalue weighted by molar-refractivity contribution is -0.169. The van der Waals surface area contributed by atoms with Crippen LogP contribution in [0.1, 0.15) is 141 Å². The van der Waals surface area contributed by atoms with Gasteiger partial charge in [0, 0.05) is 0 Å². The van der Waals surface area contributed by atoms with Crippen LogP contribution in [0.5, 0.6) is 5.75 Å². The fourth-order valence-corrected chi connectivity index (χ4v) is 5.36. The van der Waals surface area contributed by atoms with Crippen LogP contribution in [0.3, 0.4) is 0 Å². The number of hydrogen-bond acceptors (Lipinski definition) is 4. The zero-order chi connectivity index (χ0) is 24.2. The van der Waals surface area contributed by atoms with Gasteiger partial charge in [-0.1, -0.05) is 123 Å². The topological polar surface area (TPSA) is 32.3 Å². The van der Waals surface area contributed by atoms with Crippen molar-refractivity contribution in [1.82, 2.24) is 0 Å². The van der Waals surface area contributed by atoms with Crippen molar-refractivity contribution in [3.63, 3.8) is 0 Å². The Labute approximate surface area is 216 Å². The first-order valence-corrected chi connectivity index (χ1v) is 17.4. The fourth-order valence-electron chi connectivity index (χ4n) is 4.48. The van der Waals surface area contributed by atoms with Gasteiger partial charge in [-0.2, -0.15) is 0 Å². The second-order valence-electron chi connectivity index (χ2n) is 9.68. The maximum absolute atomic E-state index is 11.9. The summed E-state index contributed by atoms with van der Waals surface area (Å²) < 4.78 is 5.45. The number of aryl methyl sites for hydroxylation is 2. The van der Waals surface area contributed by atoms with Gasteiger partial charge in [0.2, 0.25) is 0 Å². The number of hydrogen-bond donors (Lipinski definition) is 0. The summed E-state index contributed by atoms with van der Waals surface area (Å²) in [5, 5.41) is 0. The molecule has 0 saturated carbocycles. The molecule has 0 aliphatic carbocycles. The average molecular weight is 513 g/mol. The third-order valence-electron chi connectivity index (χ3n) is 6.38. The quantitative estimate of drug-likeness (QED) is 0.0880. The van der Waals surface area contributed by atoms with E-state index < -0.39 is 6.12 Å². The van der Waals surface area contributed by atoms with E-state index in [1.54, 1.807) is 0 Å². The maximum atomic E-state index is 11.9. The summed E-state index contributed by atoms with van der Waals surface area (Å²) in [6.07, 6.45) is 22.7. The zero-order valence-corrected chi connectivity index (χ0v) is 24.0. The predicted molar refractivity (Wildman–Crippen MR) is 151 cm³/mol. The van der Waals surface area contributed by atoms with Crippen LogP contribution in [-0.4, -0.2) is 0 Å². The van der Waals surface area contributed by atoms with Gasteiger partial charge in [0.15, 0.2) is 5.75 Å². The fraction of sp³-hybridized carbons (Fsp3) is 0.786. The van der Waals surface area contributed by atoms with Crippen molar-refractivity contribution >= 4 is 30.6 Å². The lowest BCUT2D eigenvalue weighted by atomic mass is 9.99. The van der Waals surface area contributed by atoms with E-state index in [-0.39, 0.29) is 0 Å². The average Bonchev–Trinajstić information content (AvgIpc) is 2.75. The summed E-state index contributed by atoms with van der Waals surface area (Å²) in [5.74, 6) is 0.600. The maximum Gasteiger partial charge on any atom is 0.168 e. The highest BCUT2D eigenvalue weighted by Crippen LogP contribution is 2.46. The summed E-state index contributed by atoms with van der Waals surface area (Å²) in [4.78, 5) is 11.9. The molecule has 0 bridgehead atoms. The molecule has 192 valence electrons. The zero-order valence-electron chi connectivity index (χ0n) is 21.5. The van der Waals surface area contributed by atoms with E-state index in [0.29, 0.717) is 5.75 Å². The molecule has 5 heteroatoms. The van der Waals surface area contributed by atoms with Gasteiger partial charge in [0.05, 0.1) is 0 Å². The number of unbranched alkanes of at least 4 members (excludes halogenated alkanes) is 16. The Morgan fingerprint density at radius 3 is 1.24 bits per heavy atom. The molecule has 0 atom stereocenters. The van der Waals surface area contributed by atoms with Gasteiger partial charge in [-0.25, -0.2) is 0 Å². The van der Waals surface area contributed by atoms with Crippen molar-refractivity contribution < 1.29 is 9.42 Å². The first-order chi connectivity index (χ1) is 15.9. The van der Waals surface area contributed by atoms with Crippen molar-refractivity contribution in [2.45, 2.75) is 142 Å². The van der Waals surface area contributed by atoms with Crippen LogP contribution in [0, 0.1) is 0 Å². The molecule has 0 unspecified atom stereocenters. The highest BCUT2D eigenvalue weighted by Gasteiger charge is 2.06. The highest BCUT2D eigenvalue weighted by atomic mass is 33.1. The molecule has 0 radical (unpaired) electrons. The second-order valence-corrected chi connectivity index (χ2v) is 14.3. The first-order valence-electron chi connectivity index (χ1n) is 13.8. The lowest BCUT2D eigenvalue weighted by Gasteiger charge is -2.42. The number of rotatable bonds is 22. The van der Waals surface area contributed by atoms with Crippen LogP contribution in [0.25, 0.3) is 0 Å². The molecule has 0 fully saturated rings. The molecule has 2 nitrogen and oxygen atoms in total. The summed E-state index contributed by atoms with van der Waals surface area (Å²) in [7, 11) is 0. The molecule has 0 saturated heterocycles. The molecular formula is C28H49O2PS2-2. The van der Waals surface area contributed by atoms with Crippen LogP contribution in [-0.2, 0) is 37.3 Å². The largest absolute Gasteiger partial charge is 0.682 e. The van der Waals surface area contributed by atoms with Crippen molar-refractivity contribution in [3.8, 4) is 5.75 Å². The Balaban J connectivity index is 2.38. The monoisotopic (exact) mass is 512 g/mol. The Hall–Kier alpha value is 0.110. The SMILES string of the molecule is CCCCCCCCCCCc1cc(CCCCCCCCCCC)cc(O[P+]([O-])([S-])[S-])c1. The minimum Gasteiger partial charge on any atom is -0.682 e. The van der Waals surface area contributed by atoms with Crippen molar-refractivity contribution in [2.24, 2.45) is 0 Å². The minimum absolute atomic E-state index is 0.600. The molecule has 1 aromatic carbocycles. The second kappa shape index (κ2) is 20.3. The van der Waals surface area contributed by atoms with Crippen LogP contribution in [0.15, 0.2) is 18.2 Å². The smallest absolute Gasteiger partial charge is 0.168 e. The Kier molecular flexibility index (Phi) is 19.2. The van der Waals surface area contributed by atoms with Gasteiger partial charge in [-0.15, -0.1) is 6.12 Å². The summed E-state index contributed by atoms with van der Waals surface area (Å²) in [6.45, 7) is 4.54. The molecule has 0 aliphatic rings. The molecule has 0 N–H and O–H groups in total. The molecule has 1 aromatic rings. The highest BCUT2D eigenvalue weighted by molar-refractivity contribution is 8.69. The predicted octanol–water partition coefficient (Wildman–Crippen LogP) is 9.34. The van der Waals surface area contributed by atoms with E-state index >= 15 is 0 Å². The normalized spacial score (nSPS) is 11.8. The van der Waals surface area contributed by atoms with Crippen molar-refractivity contribution in [3.05, 3.63) is 29.3 Å². The van der Waals surface area contributed by atoms with Crippen molar-refractivity contribution in [2.75, 3.05) is 0 Å². The standard InChI is InChI=1S/C28H51O2PS2/c1-3-5-7-9-11-13-15-17-19-21-26-23-27(25-28(24-26)30-31(29,32)33)22-20-18-16-14-12-10-8-6-4-2/h23-25H,3-22H2,1-2H3,(H2,29,32,33)/p-2. The number of benzene rings is 1. The molecule has 0 spiro atoms. The molecule has 33 heavy (non-hydrogen) atoms. The molecule has 0 heterocycles. The van der Waals surface area contributed by atoms with Gasteiger partial charge in [-0.05, 0) is 48.9 Å². The van der Waals surface area contributed by atoms with Crippen LogP contribution >= 0.6 is 6.12 Å². The summed E-state index contributed by atoms with van der Waals surface area (Å²) in [6, 6.07) is 6.30. The van der Waals surface area contributed by atoms with Gasteiger partial charge in [-0.3, -0.25) is 0 Å². The molecule has 0 amide bonds. The van der Waals surface area contributed by atoms with E-state index in [4.69, 9.17) is 29.0 Å². The first kappa shape index (κ1) is 31.1. The van der Waals surface area contributed by atoms with Gasteiger partial charge >= 0.3 is 0 Å². The van der Waals surface area contributed by atoms with Crippen molar-refractivity contribution in [1.29, 1.82) is 0 Å². The van der Waals surface area contributed by atoms with E-state index in [1.165, 1.54) is 127 Å². The van der Waals surface area contributed by atoms with Gasteiger partial charge < -0.3 is 33.9 Å². The summed E-state index contributed by atoms with van der Waals surface area (Å²) >= 11 is 9.70. The van der Waals surface area contributed by atoms with Gasteiger partial charge in [0.25, 0.3) is 0 Å². The Bertz CT molecular complexity index is 550. The Morgan fingerprint density at radius 2 is 0.909 bits per heavy atom. The Morgan fingerprint density at radius 1 is 0.576 bits per heavy atom. The van der Waals surface area contributed by atoms with E-state index in [9.17, 15) is 4.89 Å². The summed E-state index contributed by atoms with van der Waals surface area (Å²) in [5.41, 5.74) is 2.53. The van der Waals surface area contributed by atoms with Crippen LogP contribution in [0.2, 0.25) is 0 Å². The third-order valence-corrected chi connectivity index (χ3v) is 7.26. The van der Waals surface area contributed by atoms with Crippen LogP contribution in [0.4, 0.5) is 0 Å². The van der Waals surface area contributed by atoms with Gasteiger partial charge in [0.1, 0.15) is 0 Å². The lowest BCUT2D eigenvalue weighted by Crippen LogP contribution is -2.09. The van der Waals surface area contributed by atoms with Crippen LogP contribution < -0.4 is 9.42 Å².